The normalized spacial score (nSPS) is 22.2. The van der Waals surface area contributed by atoms with E-state index in [1.807, 2.05) is 6.08 Å². The van der Waals surface area contributed by atoms with Crippen LogP contribution < -0.4 is 0 Å². The predicted molar refractivity (Wildman–Crippen MR) is 51.5 cm³/mol. The molecule has 1 N–H and O–H groups in total. The summed E-state index contributed by atoms with van der Waals surface area (Å²) in [5, 5.41) is 9.23. The zero-order valence-corrected chi connectivity index (χ0v) is 8.00. The quantitative estimate of drug-likeness (QED) is 0.534. The van der Waals surface area contributed by atoms with Crippen molar-refractivity contribution < 1.29 is 5.11 Å². The fraction of sp³-hybridized carbons (Fsp3) is 0.778. The first kappa shape index (κ1) is 10.0. The van der Waals surface area contributed by atoms with E-state index in [2.05, 4.69) is 11.0 Å². The van der Waals surface area contributed by atoms with Crippen LogP contribution in [0.25, 0.3) is 0 Å². The summed E-state index contributed by atoms with van der Waals surface area (Å²) >= 11 is 5.50. The van der Waals surface area contributed by atoms with Crippen LogP contribution in [0.3, 0.4) is 0 Å². The molecule has 1 rings (SSSR count). The molecule has 70 valence electrons. The second-order valence-electron chi connectivity index (χ2n) is 3.16. The summed E-state index contributed by atoms with van der Waals surface area (Å²) in [6, 6.07) is 0. The molecule has 0 bridgehead atoms. The van der Waals surface area contributed by atoms with Crippen molar-refractivity contribution in [3.05, 3.63) is 12.2 Å². The van der Waals surface area contributed by atoms with E-state index in [0.29, 0.717) is 5.88 Å². The third kappa shape index (κ3) is 3.57. The second-order valence-corrected chi connectivity index (χ2v) is 3.47. The summed E-state index contributed by atoms with van der Waals surface area (Å²) in [6.07, 6.45) is 5.80. The monoisotopic (exact) mass is 189 g/mol. The minimum atomic E-state index is -0.0711. The number of alkyl halides is 1. The van der Waals surface area contributed by atoms with Crippen LogP contribution in [0.2, 0.25) is 0 Å². The average molecular weight is 190 g/mol. The number of hydrogen-bond donors (Lipinski definition) is 1. The van der Waals surface area contributed by atoms with Crippen LogP contribution in [-0.2, 0) is 0 Å². The zero-order chi connectivity index (χ0) is 8.81. The molecule has 0 unspecified atom stereocenters. The van der Waals surface area contributed by atoms with Gasteiger partial charge in [0.25, 0.3) is 0 Å². The van der Waals surface area contributed by atoms with Crippen molar-refractivity contribution in [3.63, 3.8) is 0 Å². The second kappa shape index (κ2) is 5.57. The molecule has 0 atom stereocenters. The molecule has 1 aliphatic heterocycles. The summed E-state index contributed by atoms with van der Waals surface area (Å²) in [5.74, 6) is 0.594. The number of likely N-dealkylation sites (tertiary alicyclic amines) is 1. The van der Waals surface area contributed by atoms with Crippen LogP contribution in [0.4, 0.5) is 0 Å². The first-order chi connectivity index (χ1) is 5.83. The summed E-state index contributed by atoms with van der Waals surface area (Å²) in [7, 11) is 0. The van der Waals surface area contributed by atoms with Crippen LogP contribution in [0, 0.1) is 0 Å². The highest BCUT2D eigenvalue weighted by atomic mass is 35.5. The maximum atomic E-state index is 9.23. The predicted octanol–water partition coefficient (Wildman–Crippen LogP) is 1.24. The first-order valence-corrected chi connectivity index (χ1v) is 4.97. The van der Waals surface area contributed by atoms with Crippen molar-refractivity contribution in [1.29, 1.82) is 0 Å². The molecule has 0 aliphatic carbocycles. The van der Waals surface area contributed by atoms with Crippen LogP contribution in [0.5, 0.6) is 0 Å². The summed E-state index contributed by atoms with van der Waals surface area (Å²) in [5.41, 5.74) is 0. The molecule has 0 spiro atoms. The van der Waals surface area contributed by atoms with Gasteiger partial charge in [-0.2, -0.15) is 0 Å². The number of nitrogens with zero attached hydrogens (tertiary/aromatic N) is 1. The number of hydrogen-bond acceptors (Lipinski definition) is 2. The molecule has 0 aromatic carbocycles. The van der Waals surface area contributed by atoms with Crippen LogP contribution in [0.15, 0.2) is 12.2 Å². The van der Waals surface area contributed by atoms with E-state index in [9.17, 15) is 5.11 Å². The fourth-order valence-corrected chi connectivity index (χ4v) is 1.51. The maximum Gasteiger partial charge on any atom is 0.0564 e. The van der Waals surface area contributed by atoms with Gasteiger partial charge in [-0.1, -0.05) is 12.2 Å². The summed E-state index contributed by atoms with van der Waals surface area (Å²) in [6.45, 7) is 2.99. The molecule has 0 amide bonds. The van der Waals surface area contributed by atoms with Crippen molar-refractivity contribution in [3.8, 4) is 0 Å². The lowest BCUT2D eigenvalue weighted by molar-refractivity contribution is 0.0880. The Labute approximate surface area is 78.8 Å². The highest BCUT2D eigenvalue weighted by Crippen LogP contribution is 2.09. The topological polar surface area (TPSA) is 23.5 Å². The lowest BCUT2D eigenvalue weighted by atomic mass is 10.1. The smallest absolute Gasteiger partial charge is 0.0564 e. The number of allylic oxidation sites excluding steroid dienone is 1. The van der Waals surface area contributed by atoms with E-state index >= 15 is 0 Å². The van der Waals surface area contributed by atoms with Gasteiger partial charge in [0.15, 0.2) is 0 Å². The number of aliphatic hydroxyl groups excluding tert-OH is 1. The van der Waals surface area contributed by atoms with Gasteiger partial charge >= 0.3 is 0 Å². The summed E-state index contributed by atoms with van der Waals surface area (Å²) < 4.78 is 0. The number of aliphatic hydroxyl groups is 1. The third-order valence-electron chi connectivity index (χ3n) is 2.18. The van der Waals surface area contributed by atoms with Gasteiger partial charge in [-0.25, -0.2) is 0 Å². The average Bonchev–Trinajstić information content (AvgIpc) is 2.09. The van der Waals surface area contributed by atoms with E-state index in [1.165, 1.54) is 0 Å². The van der Waals surface area contributed by atoms with Gasteiger partial charge < -0.3 is 5.11 Å². The molecule has 0 aromatic rings. The zero-order valence-electron chi connectivity index (χ0n) is 7.25. The van der Waals surface area contributed by atoms with Gasteiger partial charge in [-0.3, -0.25) is 4.90 Å². The molecule has 3 heteroatoms. The molecule has 1 aliphatic rings. The lowest BCUT2D eigenvalue weighted by Gasteiger charge is -2.28. The SMILES string of the molecule is OC1CCN(CC=CCCl)CC1. The van der Waals surface area contributed by atoms with E-state index in [4.69, 9.17) is 11.6 Å². The lowest BCUT2D eigenvalue weighted by Crippen LogP contribution is -2.35. The Morgan fingerprint density at radius 3 is 2.58 bits per heavy atom. The highest BCUT2D eigenvalue weighted by Gasteiger charge is 2.14. The van der Waals surface area contributed by atoms with Gasteiger partial charge in [0.1, 0.15) is 0 Å². The van der Waals surface area contributed by atoms with Gasteiger partial charge in [0, 0.05) is 25.5 Å². The first-order valence-electron chi connectivity index (χ1n) is 4.44. The van der Waals surface area contributed by atoms with E-state index in [1.54, 1.807) is 0 Å². The van der Waals surface area contributed by atoms with Gasteiger partial charge in [0.05, 0.1) is 6.10 Å². The molecule has 1 heterocycles. The van der Waals surface area contributed by atoms with Crippen molar-refractivity contribution >= 4 is 11.6 Å². The largest absolute Gasteiger partial charge is 0.393 e. The summed E-state index contributed by atoms with van der Waals surface area (Å²) in [4.78, 5) is 2.33. The molecular formula is C9H16ClNO. The number of piperidine rings is 1. The number of halogens is 1. The Hall–Kier alpha value is -0.0500. The van der Waals surface area contributed by atoms with Gasteiger partial charge in [0.2, 0.25) is 0 Å². The Balaban J connectivity index is 2.13. The van der Waals surface area contributed by atoms with Gasteiger partial charge in [-0.15, -0.1) is 11.6 Å². The van der Waals surface area contributed by atoms with Crippen LogP contribution in [-0.4, -0.2) is 41.6 Å². The molecule has 0 saturated carbocycles. The Kier molecular flexibility index (Phi) is 4.66. The molecule has 1 fully saturated rings. The highest BCUT2D eigenvalue weighted by molar-refractivity contribution is 6.18. The van der Waals surface area contributed by atoms with Crippen LogP contribution >= 0.6 is 11.6 Å². The van der Waals surface area contributed by atoms with Gasteiger partial charge in [-0.05, 0) is 12.8 Å². The standard InChI is InChI=1S/C9H16ClNO/c10-5-1-2-6-11-7-3-9(12)4-8-11/h1-2,9,12H,3-8H2. The Bertz CT molecular complexity index is 141. The molecular weight excluding hydrogens is 174 g/mol. The number of rotatable bonds is 3. The third-order valence-corrected chi connectivity index (χ3v) is 2.35. The van der Waals surface area contributed by atoms with Crippen LogP contribution in [0.1, 0.15) is 12.8 Å². The molecule has 0 aromatic heterocycles. The van der Waals surface area contributed by atoms with Crippen molar-refractivity contribution in [1.82, 2.24) is 4.90 Å². The fourth-order valence-electron chi connectivity index (χ4n) is 1.39. The Morgan fingerprint density at radius 2 is 2.00 bits per heavy atom. The molecule has 2 nitrogen and oxygen atoms in total. The van der Waals surface area contributed by atoms with Crippen molar-refractivity contribution in [2.75, 3.05) is 25.5 Å². The molecule has 0 radical (unpaired) electrons. The van der Waals surface area contributed by atoms with E-state index < -0.39 is 0 Å². The Morgan fingerprint density at radius 1 is 1.33 bits per heavy atom. The maximum absolute atomic E-state index is 9.23. The molecule has 1 saturated heterocycles. The van der Waals surface area contributed by atoms with Crippen molar-refractivity contribution in [2.45, 2.75) is 18.9 Å². The van der Waals surface area contributed by atoms with E-state index in [0.717, 1.165) is 32.5 Å². The van der Waals surface area contributed by atoms with E-state index in [-0.39, 0.29) is 6.10 Å². The minimum Gasteiger partial charge on any atom is -0.393 e. The molecule has 12 heavy (non-hydrogen) atoms. The minimum absolute atomic E-state index is 0.0711. The van der Waals surface area contributed by atoms with Crippen molar-refractivity contribution in [2.24, 2.45) is 0 Å².